The molecule has 3 aromatic rings. The van der Waals surface area contributed by atoms with Gasteiger partial charge in [-0.25, -0.2) is 26.9 Å². The van der Waals surface area contributed by atoms with E-state index in [2.05, 4.69) is 4.90 Å². The Kier molecular flexibility index (Phi) is 9.75. The zero-order valence-electron chi connectivity index (χ0n) is 30.5. The van der Waals surface area contributed by atoms with Gasteiger partial charge in [0.15, 0.2) is 44.5 Å². The van der Waals surface area contributed by atoms with Crippen LogP contribution in [0, 0.1) is 52.8 Å². The number of alkyl halides is 2. The maximum atomic E-state index is 15.4. The van der Waals surface area contributed by atoms with Gasteiger partial charge in [0.05, 0.1) is 45.0 Å². The van der Waals surface area contributed by atoms with Crippen molar-refractivity contribution in [2.75, 3.05) is 55.2 Å². The molecule has 3 aliphatic heterocycles. The van der Waals surface area contributed by atoms with Crippen molar-refractivity contribution in [1.29, 1.82) is 0 Å². The number of phenolic OH excluding ortho intramolecular Hbond substituents is 1. The molecule has 5 aliphatic rings. The van der Waals surface area contributed by atoms with Gasteiger partial charge in [0, 0.05) is 24.7 Å². The lowest BCUT2D eigenvalue weighted by atomic mass is 9.57. The number of benzene rings is 3. The summed E-state index contributed by atoms with van der Waals surface area (Å²) < 4.78 is 89.9. The van der Waals surface area contributed by atoms with E-state index in [0.29, 0.717) is 26.3 Å². The van der Waals surface area contributed by atoms with Crippen molar-refractivity contribution in [3.8, 4) is 17.2 Å². The number of nitrogens with zero attached hydrogens (tertiary/aromatic N) is 3. The number of allylic oxidation sites excluding steroid dienone is 3. The Morgan fingerprint density at radius 2 is 1.36 bits per heavy atom. The zero-order chi connectivity index (χ0) is 41.6. The van der Waals surface area contributed by atoms with Crippen LogP contribution in [-0.2, 0) is 23.9 Å². The summed E-state index contributed by atoms with van der Waals surface area (Å²) in [4.78, 5) is 55.0. The van der Waals surface area contributed by atoms with Crippen molar-refractivity contribution in [3.63, 3.8) is 0 Å². The van der Waals surface area contributed by atoms with Gasteiger partial charge in [-0.05, 0) is 60.7 Å². The molecule has 8 rings (SSSR count). The summed E-state index contributed by atoms with van der Waals surface area (Å²) in [5.41, 5.74) is -0.181. The van der Waals surface area contributed by atoms with Crippen LogP contribution < -0.4 is 24.2 Å². The molecular weight excluding hydrogens is 816 g/mol. The van der Waals surface area contributed by atoms with Crippen molar-refractivity contribution in [1.82, 2.24) is 0 Å². The Labute approximate surface area is 337 Å². The first-order valence-electron chi connectivity index (χ1n) is 18.0. The van der Waals surface area contributed by atoms with E-state index in [0.717, 1.165) is 10.6 Å². The van der Waals surface area contributed by atoms with Gasteiger partial charge in [-0.2, -0.15) is 0 Å². The van der Waals surface area contributed by atoms with Gasteiger partial charge in [0.2, 0.25) is 23.4 Å². The fourth-order valence-electron chi connectivity index (χ4n) is 8.92. The third-order valence-electron chi connectivity index (χ3n) is 11.7. The molecule has 11 nitrogen and oxygen atoms in total. The molecule has 0 radical (unpaired) electrons. The lowest BCUT2D eigenvalue weighted by molar-refractivity contribution is -0.125. The average molecular weight is 849 g/mol. The van der Waals surface area contributed by atoms with Crippen molar-refractivity contribution in [2.45, 2.75) is 22.6 Å². The summed E-state index contributed by atoms with van der Waals surface area (Å²) in [5, 5.41) is 10.5. The number of halogens is 7. The van der Waals surface area contributed by atoms with Crippen LogP contribution >= 0.6 is 23.2 Å². The van der Waals surface area contributed by atoms with Crippen LogP contribution in [0.25, 0.3) is 6.08 Å². The molecule has 6 atom stereocenters. The topological polar surface area (TPSA) is 126 Å². The number of ether oxygens (including phenoxy) is 3. The minimum Gasteiger partial charge on any atom is -0.502 e. The van der Waals surface area contributed by atoms with Crippen molar-refractivity contribution < 1.29 is 60.4 Å². The van der Waals surface area contributed by atoms with Crippen molar-refractivity contribution >= 4 is 70.0 Å². The number of methoxy groups -OCH3 is 2. The second-order valence-electron chi connectivity index (χ2n) is 14.5. The van der Waals surface area contributed by atoms with Crippen LogP contribution in [0.15, 0.2) is 54.1 Å². The highest BCUT2D eigenvalue weighted by molar-refractivity contribution is 6.58. The smallest absolute Gasteiger partial charge is 0.258 e. The number of hydrogen-bond acceptors (Lipinski definition) is 9. The van der Waals surface area contributed by atoms with Crippen LogP contribution in [0.4, 0.5) is 39.0 Å². The Hall–Kier alpha value is -5.19. The van der Waals surface area contributed by atoms with Crippen molar-refractivity contribution in [2.24, 2.45) is 23.7 Å². The average Bonchev–Trinajstić information content (AvgIpc) is 3.57. The summed E-state index contributed by atoms with van der Waals surface area (Å²) >= 11 is 14.4. The lowest BCUT2D eigenvalue weighted by Gasteiger charge is -2.49. The highest BCUT2D eigenvalue weighted by atomic mass is 35.5. The highest BCUT2D eigenvalue weighted by Crippen LogP contribution is 2.64. The van der Waals surface area contributed by atoms with Crippen LogP contribution in [0.1, 0.15) is 18.4 Å². The second-order valence-corrected chi connectivity index (χ2v) is 15.7. The molecule has 304 valence electrons. The second kappa shape index (κ2) is 14.3. The first-order valence-corrected chi connectivity index (χ1v) is 18.8. The van der Waals surface area contributed by atoms with Gasteiger partial charge < -0.3 is 24.2 Å². The van der Waals surface area contributed by atoms with Crippen LogP contribution in [-0.4, -0.2) is 79.0 Å². The van der Waals surface area contributed by atoms with E-state index >= 15 is 8.78 Å². The molecule has 1 N–H and O–H groups in total. The SMILES string of the molecule is COc1cc(C=C[C@H]2C3=CC[C@@H]4C(=O)N(c5ccc(N6CCOCC6)cc5)C(=O)[C@@H]4[C@@H]3C[C@@]3(Cl)C(=O)N(c4c(F)c(F)c(F)c(F)c4F)C(=O)[C@@]23Cl)cc(OC)c1O. The van der Waals surface area contributed by atoms with Gasteiger partial charge in [-0.15, -0.1) is 23.2 Å². The van der Waals surface area contributed by atoms with Crippen LogP contribution in [0.2, 0.25) is 0 Å². The summed E-state index contributed by atoms with van der Waals surface area (Å²) in [6.45, 7) is 2.38. The van der Waals surface area contributed by atoms with E-state index < -0.39 is 98.2 Å². The molecule has 0 bridgehead atoms. The molecule has 3 saturated heterocycles. The molecule has 58 heavy (non-hydrogen) atoms. The van der Waals surface area contributed by atoms with Gasteiger partial charge >= 0.3 is 0 Å². The third-order valence-corrected chi connectivity index (χ3v) is 13.2. The number of rotatable bonds is 7. The van der Waals surface area contributed by atoms with Crippen LogP contribution in [0.3, 0.4) is 0 Å². The van der Waals surface area contributed by atoms with Gasteiger partial charge in [-0.3, -0.25) is 24.1 Å². The highest BCUT2D eigenvalue weighted by Gasteiger charge is 2.76. The van der Waals surface area contributed by atoms with Crippen LogP contribution in [0.5, 0.6) is 17.2 Å². The largest absolute Gasteiger partial charge is 0.502 e. The quantitative estimate of drug-likeness (QED) is 0.0734. The number of amides is 4. The Morgan fingerprint density at radius 1 is 0.793 bits per heavy atom. The van der Waals surface area contributed by atoms with Crippen molar-refractivity contribution in [3.05, 3.63) is 88.8 Å². The normalized spacial score (nSPS) is 28.2. The fourth-order valence-corrected chi connectivity index (χ4v) is 9.81. The number of imide groups is 2. The number of phenols is 1. The number of fused-ring (bicyclic) bond motifs is 4. The Balaban J connectivity index is 1.24. The number of anilines is 3. The first-order chi connectivity index (χ1) is 27.6. The number of hydrogen-bond donors (Lipinski definition) is 1. The molecule has 1 saturated carbocycles. The zero-order valence-corrected chi connectivity index (χ0v) is 32.1. The molecule has 0 unspecified atom stereocenters. The number of aromatic hydroxyl groups is 1. The number of morpholine rings is 1. The monoisotopic (exact) mass is 847 g/mol. The van der Waals surface area contributed by atoms with E-state index in [9.17, 15) is 37.5 Å². The van der Waals surface area contributed by atoms with E-state index in [-0.39, 0.29) is 45.4 Å². The van der Waals surface area contributed by atoms with Gasteiger partial charge in [-0.1, -0.05) is 23.8 Å². The number of carbonyl (C=O) groups is 4. The standard InChI is InChI=1S/C40H32Cl2F5N3O8/c1-56-25-15-18(16-26(57-2)34(25)51)3-10-24-21-8-9-22-27(36(53)49(35(22)52)20-6-4-19(5-7-20)48-11-13-58-14-12-48)23(21)17-39(41)37(54)50(38(55)40(24,39)42)33-31(46)29(44)28(43)30(45)32(33)47/h3-8,10,15-16,22-24,27,51H,9,11-14,17H2,1-2H3/t22-,23+,24-,27-,39+,40-/m0/s1. The maximum Gasteiger partial charge on any atom is 0.258 e. The summed E-state index contributed by atoms with van der Waals surface area (Å²) in [6, 6.07) is 9.58. The van der Waals surface area contributed by atoms with E-state index in [1.807, 2.05) is 0 Å². The molecule has 2 aliphatic carbocycles. The fraction of sp³-hybridized carbons (Fsp3) is 0.350. The van der Waals surface area contributed by atoms with E-state index in [4.69, 9.17) is 37.4 Å². The molecule has 0 spiro atoms. The molecule has 3 heterocycles. The summed E-state index contributed by atoms with van der Waals surface area (Å²) in [6.07, 6.45) is 3.66. The molecule has 18 heteroatoms. The number of carbonyl (C=O) groups excluding carboxylic acids is 4. The van der Waals surface area contributed by atoms with Gasteiger partial charge in [0.1, 0.15) is 5.69 Å². The van der Waals surface area contributed by atoms with Gasteiger partial charge in [0.25, 0.3) is 11.8 Å². The molecule has 4 amide bonds. The molecule has 4 fully saturated rings. The predicted molar refractivity (Wildman–Crippen MR) is 199 cm³/mol. The molecule has 0 aromatic heterocycles. The third kappa shape index (κ3) is 5.54. The molecular formula is C40H32Cl2F5N3O8. The Bertz CT molecular complexity index is 2300. The minimum absolute atomic E-state index is 0.0229. The Morgan fingerprint density at radius 3 is 1.95 bits per heavy atom. The predicted octanol–water partition coefficient (Wildman–Crippen LogP) is 6.26. The summed E-state index contributed by atoms with van der Waals surface area (Å²) in [5.74, 6) is -21.8. The lowest BCUT2D eigenvalue weighted by Crippen LogP contribution is -2.60. The summed E-state index contributed by atoms with van der Waals surface area (Å²) in [7, 11) is 2.57. The first kappa shape index (κ1) is 39.6. The van der Waals surface area contributed by atoms with E-state index in [1.54, 1.807) is 30.3 Å². The maximum absolute atomic E-state index is 15.4. The minimum atomic E-state index is -2.69. The van der Waals surface area contributed by atoms with E-state index in [1.165, 1.54) is 38.5 Å². The molecule has 3 aromatic carbocycles.